The molecule has 0 aromatic heterocycles. The highest BCUT2D eigenvalue weighted by atomic mass is 16.5. The van der Waals surface area contributed by atoms with E-state index in [0.29, 0.717) is 42.3 Å². The van der Waals surface area contributed by atoms with E-state index in [0.717, 1.165) is 5.56 Å². The summed E-state index contributed by atoms with van der Waals surface area (Å²) in [5.41, 5.74) is 2.74. The first-order valence-electron chi connectivity index (χ1n) is 10.1. The van der Waals surface area contributed by atoms with Gasteiger partial charge in [0.05, 0.1) is 0 Å². The molecule has 0 saturated heterocycles. The number of hydrogen-bond donors (Lipinski definition) is 1. The van der Waals surface area contributed by atoms with Gasteiger partial charge in [-0.15, -0.1) is 0 Å². The number of carbonyl (C=O) groups excluding carboxylic acids is 2. The van der Waals surface area contributed by atoms with Gasteiger partial charge in [0.1, 0.15) is 12.4 Å². The summed E-state index contributed by atoms with van der Waals surface area (Å²) < 4.78 is 5.76. The number of benzene rings is 3. The molecule has 0 atom stereocenters. The van der Waals surface area contributed by atoms with Crippen LogP contribution in [0, 0.1) is 0 Å². The molecule has 0 heterocycles. The Morgan fingerprint density at radius 3 is 2.20 bits per heavy atom. The summed E-state index contributed by atoms with van der Waals surface area (Å²) >= 11 is 0. The van der Waals surface area contributed by atoms with Crippen molar-refractivity contribution in [1.29, 1.82) is 0 Å². The van der Waals surface area contributed by atoms with Gasteiger partial charge in [-0.2, -0.15) is 0 Å². The molecular weight excluding hydrogens is 376 g/mol. The molecule has 5 heteroatoms. The number of hydrogen-bond acceptors (Lipinski definition) is 3. The summed E-state index contributed by atoms with van der Waals surface area (Å²) in [7, 11) is 0. The fraction of sp³-hybridized carbons (Fsp3) is 0.200. The van der Waals surface area contributed by atoms with E-state index >= 15 is 0 Å². The second-order valence-corrected chi connectivity index (χ2v) is 6.81. The van der Waals surface area contributed by atoms with E-state index in [-0.39, 0.29) is 11.8 Å². The molecular formula is C25H26N2O3. The molecule has 3 aromatic carbocycles. The van der Waals surface area contributed by atoms with Crippen LogP contribution in [-0.4, -0.2) is 29.8 Å². The van der Waals surface area contributed by atoms with Crippen molar-refractivity contribution in [2.45, 2.75) is 20.5 Å². The Morgan fingerprint density at radius 2 is 1.53 bits per heavy atom. The first-order valence-corrected chi connectivity index (χ1v) is 10.1. The van der Waals surface area contributed by atoms with E-state index in [9.17, 15) is 9.59 Å². The van der Waals surface area contributed by atoms with Gasteiger partial charge in [-0.3, -0.25) is 9.59 Å². The summed E-state index contributed by atoms with van der Waals surface area (Å²) in [6.07, 6.45) is 0. The third-order valence-electron chi connectivity index (χ3n) is 4.78. The van der Waals surface area contributed by atoms with Crippen LogP contribution < -0.4 is 10.1 Å². The molecule has 0 fully saturated rings. The maximum absolute atomic E-state index is 12.6. The van der Waals surface area contributed by atoms with Crippen LogP contribution >= 0.6 is 0 Å². The second kappa shape index (κ2) is 10.3. The Bertz CT molecular complexity index is 981. The van der Waals surface area contributed by atoms with Gasteiger partial charge in [-0.25, -0.2) is 0 Å². The quantitative estimate of drug-likeness (QED) is 0.577. The Morgan fingerprint density at radius 1 is 0.833 bits per heavy atom. The largest absolute Gasteiger partial charge is 0.489 e. The molecule has 0 bridgehead atoms. The van der Waals surface area contributed by atoms with Crippen LogP contribution in [0.1, 0.15) is 40.1 Å². The maximum atomic E-state index is 12.6. The maximum Gasteiger partial charge on any atom is 0.255 e. The fourth-order valence-electron chi connectivity index (χ4n) is 3.07. The van der Waals surface area contributed by atoms with E-state index in [1.165, 1.54) is 0 Å². The molecule has 30 heavy (non-hydrogen) atoms. The minimum Gasteiger partial charge on any atom is -0.489 e. The van der Waals surface area contributed by atoms with Crippen LogP contribution in [0.5, 0.6) is 5.75 Å². The first-order chi connectivity index (χ1) is 14.6. The molecule has 0 aliphatic carbocycles. The van der Waals surface area contributed by atoms with Crippen molar-refractivity contribution in [2.75, 3.05) is 18.4 Å². The van der Waals surface area contributed by atoms with Crippen LogP contribution in [0.4, 0.5) is 5.69 Å². The number of anilines is 1. The molecule has 0 saturated carbocycles. The summed E-state index contributed by atoms with van der Waals surface area (Å²) in [5.74, 6) is 0.412. The predicted octanol–water partition coefficient (Wildman–Crippen LogP) is 5.00. The topological polar surface area (TPSA) is 58.6 Å². The molecule has 0 radical (unpaired) electrons. The van der Waals surface area contributed by atoms with Crippen molar-refractivity contribution >= 4 is 17.5 Å². The fourth-order valence-corrected chi connectivity index (χ4v) is 3.07. The summed E-state index contributed by atoms with van der Waals surface area (Å²) in [5, 5.41) is 2.86. The van der Waals surface area contributed by atoms with Crippen LogP contribution in [0.15, 0.2) is 78.9 Å². The Labute approximate surface area is 177 Å². The standard InChI is InChI=1S/C25H26N2O3/c1-3-27(4-2)25(29)21-11-8-12-22(17-21)26-24(28)20-13-15-23(16-14-20)30-18-19-9-6-5-7-10-19/h5-17H,3-4,18H2,1-2H3,(H,26,28). The van der Waals surface area contributed by atoms with E-state index in [2.05, 4.69) is 5.32 Å². The van der Waals surface area contributed by atoms with Crippen LogP contribution in [0.3, 0.4) is 0 Å². The lowest BCUT2D eigenvalue weighted by molar-refractivity contribution is 0.0772. The van der Waals surface area contributed by atoms with Crippen molar-refractivity contribution in [3.63, 3.8) is 0 Å². The predicted molar refractivity (Wildman–Crippen MR) is 119 cm³/mol. The lowest BCUT2D eigenvalue weighted by atomic mass is 10.1. The van der Waals surface area contributed by atoms with Crippen molar-refractivity contribution in [2.24, 2.45) is 0 Å². The van der Waals surface area contributed by atoms with Crippen LogP contribution in [0.2, 0.25) is 0 Å². The first kappa shape index (κ1) is 21.1. The minimum absolute atomic E-state index is 0.0454. The molecule has 5 nitrogen and oxygen atoms in total. The van der Waals surface area contributed by atoms with Gasteiger partial charge in [-0.05, 0) is 61.9 Å². The number of carbonyl (C=O) groups is 2. The molecule has 0 aliphatic heterocycles. The molecule has 154 valence electrons. The van der Waals surface area contributed by atoms with Gasteiger partial charge in [-0.1, -0.05) is 36.4 Å². The number of rotatable bonds is 8. The normalized spacial score (nSPS) is 10.3. The minimum atomic E-state index is -0.239. The Balaban J connectivity index is 1.62. The van der Waals surface area contributed by atoms with Crippen LogP contribution in [0.25, 0.3) is 0 Å². The second-order valence-electron chi connectivity index (χ2n) is 6.81. The van der Waals surface area contributed by atoms with Crippen molar-refractivity contribution < 1.29 is 14.3 Å². The zero-order chi connectivity index (χ0) is 21.3. The average molecular weight is 402 g/mol. The summed E-state index contributed by atoms with van der Waals surface area (Å²) in [6.45, 7) is 5.65. The van der Waals surface area contributed by atoms with Crippen molar-refractivity contribution in [3.8, 4) is 5.75 Å². The highest BCUT2D eigenvalue weighted by Crippen LogP contribution is 2.17. The number of amides is 2. The highest BCUT2D eigenvalue weighted by molar-refractivity contribution is 6.05. The van der Waals surface area contributed by atoms with E-state index in [4.69, 9.17) is 4.74 Å². The SMILES string of the molecule is CCN(CC)C(=O)c1cccc(NC(=O)c2ccc(OCc3ccccc3)cc2)c1. The number of ether oxygens (including phenoxy) is 1. The van der Waals surface area contributed by atoms with Gasteiger partial charge in [0, 0.05) is 29.9 Å². The monoisotopic (exact) mass is 402 g/mol. The van der Waals surface area contributed by atoms with Gasteiger partial charge >= 0.3 is 0 Å². The Kier molecular flexibility index (Phi) is 7.22. The smallest absolute Gasteiger partial charge is 0.255 e. The van der Waals surface area contributed by atoms with Gasteiger partial charge in [0.15, 0.2) is 0 Å². The van der Waals surface area contributed by atoms with Gasteiger partial charge < -0.3 is 15.0 Å². The Hall–Kier alpha value is -3.60. The molecule has 0 spiro atoms. The van der Waals surface area contributed by atoms with E-state index in [1.807, 2.05) is 44.2 Å². The summed E-state index contributed by atoms with van der Waals surface area (Å²) in [4.78, 5) is 26.8. The third kappa shape index (κ3) is 5.47. The summed E-state index contributed by atoms with van der Waals surface area (Å²) in [6, 6.07) is 23.9. The zero-order valence-corrected chi connectivity index (χ0v) is 17.3. The van der Waals surface area contributed by atoms with E-state index < -0.39 is 0 Å². The lowest BCUT2D eigenvalue weighted by Gasteiger charge is -2.19. The zero-order valence-electron chi connectivity index (χ0n) is 17.3. The number of nitrogens with zero attached hydrogens (tertiary/aromatic N) is 1. The van der Waals surface area contributed by atoms with Crippen molar-refractivity contribution in [3.05, 3.63) is 95.6 Å². The molecule has 1 N–H and O–H groups in total. The molecule has 2 amide bonds. The van der Waals surface area contributed by atoms with Crippen LogP contribution in [-0.2, 0) is 6.61 Å². The third-order valence-corrected chi connectivity index (χ3v) is 4.78. The van der Waals surface area contributed by atoms with Gasteiger partial charge in [0.2, 0.25) is 0 Å². The van der Waals surface area contributed by atoms with Gasteiger partial charge in [0.25, 0.3) is 11.8 Å². The average Bonchev–Trinajstić information content (AvgIpc) is 2.79. The van der Waals surface area contributed by atoms with E-state index in [1.54, 1.807) is 53.4 Å². The number of nitrogens with one attached hydrogen (secondary N) is 1. The molecule has 3 aromatic rings. The molecule has 3 rings (SSSR count). The molecule has 0 unspecified atom stereocenters. The molecule has 0 aliphatic rings. The lowest BCUT2D eigenvalue weighted by Crippen LogP contribution is -2.30. The highest BCUT2D eigenvalue weighted by Gasteiger charge is 2.13. The van der Waals surface area contributed by atoms with Crippen molar-refractivity contribution in [1.82, 2.24) is 4.90 Å².